The quantitative estimate of drug-likeness (QED) is 0.0959. The van der Waals surface area contributed by atoms with Crippen molar-refractivity contribution in [2.24, 2.45) is 16.0 Å². The monoisotopic (exact) mass is 608 g/mol. The van der Waals surface area contributed by atoms with Gasteiger partial charge in [0.25, 0.3) is 5.91 Å². The lowest BCUT2D eigenvalue weighted by Gasteiger charge is -2.25. The molecule has 3 rings (SSSR count). The zero-order valence-corrected chi connectivity index (χ0v) is 23.5. The molecule has 2 aromatic rings. The number of hydrogen-bond donors (Lipinski definition) is 6. The van der Waals surface area contributed by atoms with Crippen LogP contribution in [0.5, 0.6) is 0 Å². The number of nitrogens with one attached hydrogen (secondary N) is 5. The smallest absolute Gasteiger partial charge is 0.322 e. The van der Waals surface area contributed by atoms with Crippen LogP contribution in [-0.2, 0) is 33.5 Å². The highest BCUT2D eigenvalue weighted by Crippen LogP contribution is 2.20. The standard InChI is InChI=1S/C28H32N8O8/c29-22(37)13-12-20(32-27(42)21-15-23(38)34-28(43)33-21)26(41)30-14-4-7-25(40)44-16-24(39)31-17-8-10-19(11-9-17)36-35-18-5-2-1-3-6-18/h1-3,5-6,8-11,20-21H,4,7,12-16H2,(H2,29,37)(H,30,41)(H,31,39)(H,32,42)(H2,33,34,38,43)/t20-,21-/m0/s1. The van der Waals surface area contributed by atoms with E-state index in [1.165, 1.54) is 0 Å². The number of carbonyl (C=O) groups is 7. The Morgan fingerprint density at radius 3 is 2.30 bits per heavy atom. The minimum Gasteiger partial charge on any atom is -0.456 e. The van der Waals surface area contributed by atoms with Crippen LogP contribution in [0.15, 0.2) is 64.8 Å². The first kappa shape index (κ1) is 32.8. The van der Waals surface area contributed by atoms with E-state index in [0.717, 1.165) is 0 Å². The average Bonchev–Trinajstić information content (AvgIpc) is 2.99. The number of carbonyl (C=O) groups excluding carboxylic acids is 7. The van der Waals surface area contributed by atoms with E-state index in [1.54, 1.807) is 24.3 Å². The van der Waals surface area contributed by atoms with Crippen LogP contribution in [0, 0.1) is 0 Å². The van der Waals surface area contributed by atoms with Crippen molar-refractivity contribution in [3.63, 3.8) is 0 Å². The SMILES string of the molecule is NC(=O)CC[C@H](NC(=O)[C@@H]1CC(=O)NC(=O)N1)C(=O)NCCCC(=O)OCC(=O)Nc1ccc(N=Nc2ccccc2)cc1. The summed E-state index contributed by atoms with van der Waals surface area (Å²) in [5.41, 5.74) is 6.91. The van der Waals surface area contributed by atoms with Crippen molar-refractivity contribution in [3.8, 4) is 0 Å². The number of imide groups is 1. The minimum absolute atomic E-state index is 0.0135. The van der Waals surface area contributed by atoms with Crippen molar-refractivity contribution < 1.29 is 38.3 Å². The number of amides is 7. The van der Waals surface area contributed by atoms with Crippen molar-refractivity contribution in [2.75, 3.05) is 18.5 Å². The van der Waals surface area contributed by atoms with E-state index in [2.05, 4.69) is 31.5 Å². The summed E-state index contributed by atoms with van der Waals surface area (Å²) in [5.74, 6) is -4.03. The molecule has 232 valence electrons. The second-order valence-corrected chi connectivity index (χ2v) is 9.53. The van der Waals surface area contributed by atoms with Crippen LogP contribution in [0.4, 0.5) is 21.9 Å². The van der Waals surface area contributed by atoms with Gasteiger partial charge in [0.1, 0.15) is 12.1 Å². The number of nitrogens with zero attached hydrogens (tertiary/aromatic N) is 2. The third kappa shape index (κ3) is 11.7. The fraction of sp³-hybridized carbons (Fsp3) is 0.321. The minimum atomic E-state index is -1.19. The van der Waals surface area contributed by atoms with E-state index in [9.17, 15) is 33.6 Å². The normalized spacial score (nSPS) is 15.0. The Bertz CT molecular complexity index is 1380. The summed E-state index contributed by atoms with van der Waals surface area (Å²) in [4.78, 5) is 83.5. The molecule has 0 radical (unpaired) electrons. The molecule has 1 fully saturated rings. The predicted molar refractivity (Wildman–Crippen MR) is 154 cm³/mol. The molecule has 1 aliphatic heterocycles. The molecule has 1 saturated heterocycles. The summed E-state index contributed by atoms with van der Waals surface area (Å²) in [6, 6.07) is 12.6. The first-order chi connectivity index (χ1) is 21.1. The summed E-state index contributed by atoms with van der Waals surface area (Å²) >= 11 is 0. The fourth-order valence-electron chi connectivity index (χ4n) is 3.80. The van der Waals surface area contributed by atoms with Gasteiger partial charge >= 0.3 is 12.0 Å². The van der Waals surface area contributed by atoms with Gasteiger partial charge in [-0.05, 0) is 49.2 Å². The molecule has 7 amide bonds. The number of primary amides is 1. The van der Waals surface area contributed by atoms with E-state index in [4.69, 9.17) is 10.5 Å². The van der Waals surface area contributed by atoms with Gasteiger partial charge in [0.2, 0.25) is 23.6 Å². The summed E-state index contributed by atoms with van der Waals surface area (Å²) in [6.07, 6.45) is -0.627. The van der Waals surface area contributed by atoms with Gasteiger partial charge in [-0.15, -0.1) is 0 Å². The molecular weight excluding hydrogens is 576 g/mol. The van der Waals surface area contributed by atoms with E-state index in [1.807, 2.05) is 35.6 Å². The molecule has 16 heteroatoms. The molecule has 44 heavy (non-hydrogen) atoms. The lowest BCUT2D eigenvalue weighted by atomic mass is 10.1. The lowest BCUT2D eigenvalue weighted by Crippen LogP contribution is -2.60. The highest BCUT2D eigenvalue weighted by Gasteiger charge is 2.32. The number of urea groups is 1. The molecule has 0 bridgehead atoms. The number of rotatable bonds is 15. The summed E-state index contributed by atoms with van der Waals surface area (Å²) < 4.78 is 4.97. The second kappa shape index (κ2) is 16.7. The van der Waals surface area contributed by atoms with E-state index in [0.29, 0.717) is 17.1 Å². The molecule has 0 spiro atoms. The summed E-state index contributed by atoms with van der Waals surface area (Å²) in [6.45, 7) is -0.503. The first-order valence-corrected chi connectivity index (χ1v) is 13.6. The maximum atomic E-state index is 12.6. The van der Waals surface area contributed by atoms with Gasteiger partial charge in [0, 0.05) is 25.1 Å². The maximum absolute atomic E-state index is 12.6. The van der Waals surface area contributed by atoms with Crippen molar-refractivity contribution in [2.45, 2.75) is 44.2 Å². The Morgan fingerprint density at radius 2 is 1.64 bits per heavy atom. The molecule has 0 aromatic heterocycles. The molecule has 1 heterocycles. The van der Waals surface area contributed by atoms with Gasteiger partial charge in [0.05, 0.1) is 17.8 Å². The molecule has 7 N–H and O–H groups in total. The molecule has 0 saturated carbocycles. The topological polar surface area (TPSA) is 240 Å². The van der Waals surface area contributed by atoms with Crippen LogP contribution in [0.3, 0.4) is 0 Å². The van der Waals surface area contributed by atoms with Crippen molar-refractivity contribution in [1.82, 2.24) is 21.3 Å². The first-order valence-electron chi connectivity index (χ1n) is 13.6. The number of azo groups is 1. The Hall–Kier alpha value is -5.67. The van der Waals surface area contributed by atoms with Crippen LogP contribution in [0.1, 0.15) is 32.1 Å². The molecule has 2 atom stereocenters. The number of nitrogens with two attached hydrogens (primary N) is 1. The van der Waals surface area contributed by atoms with E-state index in [-0.39, 0.29) is 38.6 Å². The molecular formula is C28H32N8O8. The third-order valence-corrected chi connectivity index (χ3v) is 5.99. The highest BCUT2D eigenvalue weighted by molar-refractivity contribution is 6.03. The maximum Gasteiger partial charge on any atom is 0.322 e. The number of esters is 1. The number of ether oxygens (including phenoxy) is 1. The Kier molecular flexibility index (Phi) is 12.5. The Morgan fingerprint density at radius 1 is 0.955 bits per heavy atom. The average molecular weight is 609 g/mol. The third-order valence-electron chi connectivity index (χ3n) is 5.99. The largest absolute Gasteiger partial charge is 0.456 e. The molecule has 1 aliphatic rings. The fourth-order valence-corrected chi connectivity index (χ4v) is 3.80. The lowest BCUT2D eigenvalue weighted by molar-refractivity contribution is -0.147. The van der Waals surface area contributed by atoms with Crippen molar-refractivity contribution >= 4 is 58.6 Å². The Labute approximate surface area is 251 Å². The van der Waals surface area contributed by atoms with Crippen LogP contribution in [0.2, 0.25) is 0 Å². The van der Waals surface area contributed by atoms with Gasteiger partial charge in [-0.3, -0.25) is 34.1 Å². The van der Waals surface area contributed by atoms with Crippen molar-refractivity contribution in [1.29, 1.82) is 0 Å². The zero-order chi connectivity index (χ0) is 31.9. The number of benzene rings is 2. The van der Waals surface area contributed by atoms with Gasteiger partial charge in [-0.25, -0.2) is 4.79 Å². The second-order valence-electron chi connectivity index (χ2n) is 9.53. The highest BCUT2D eigenvalue weighted by atomic mass is 16.5. The van der Waals surface area contributed by atoms with Crippen LogP contribution >= 0.6 is 0 Å². The van der Waals surface area contributed by atoms with Gasteiger partial charge < -0.3 is 31.7 Å². The molecule has 16 nitrogen and oxygen atoms in total. The predicted octanol–water partition coefficient (Wildman–Crippen LogP) is 0.829. The van der Waals surface area contributed by atoms with E-state index >= 15 is 0 Å². The molecule has 0 aliphatic carbocycles. The Balaban J connectivity index is 1.36. The number of hydrogen-bond acceptors (Lipinski definition) is 10. The molecule has 2 aromatic carbocycles. The van der Waals surface area contributed by atoms with Gasteiger partial charge in [-0.2, -0.15) is 10.2 Å². The summed E-state index contributed by atoms with van der Waals surface area (Å²) in [7, 11) is 0. The van der Waals surface area contributed by atoms with Crippen molar-refractivity contribution in [3.05, 3.63) is 54.6 Å². The number of anilines is 1. The van der Waals surface area contributed by atoms with E-state index < -0.39 is 60.2 Å². The molecule has 0 unspecified atom stereocenters. The van der Waals surface area contributed by atoms with Crippen LogP contribution in [-0.4, -0.2) is 66.8 Å². The summed E-state index contributed by atoms with van der Waals surface area (Å²) in [5, 5.41) is 20.0. The van der Waals surface area contributed by atoms with Crippen LogP contribution < -0.4 is 32.3 Å². The van der Waals surface area contributed by atoms with Gasteiger partial charge in [-0.1, -0.05) is 18.2 Å². The van der Waals surface area contributed by atoms with Crippen LogP contribution in [0.25, 0.3) is 0 Å². The van der Waals surface area contributed by atoms with Gasteiger partial charge in [0.15, 0.2) is 6.61 Å². The zero-order valence-electron chi connectivity index (χ0n) is 23.5.